The molecule has 6 rings (SSSR count). The van der Waals surface area contributed by atoms with Gasteiger partial charge in [0.2, 0.25) is 0 Å². The highest BCUT2D eigenvalue weighted by Crippen LogP contribution is 2.37. The third-order valence-corrected chi connectivity index (χ3v) is 7.72. The number of nitrogens with one attached hydrogen (secondary N) is 1. The fourth-order valence-electron chi connectivity index (χ4n) is 5.65. The fourth-order valence-corrected chi connectivity index (χ4v) is 5.65. The highest BCUT2D eigenvalue weighted by atomic mass is 19.1. The number of rotatable bonds is 8. The number of anilines is 2. The molecule has 0 aliphatic carbocycles. The van der Waals surface area contributed by atoms with Gasteiger partial charge in [-0.2, -0.15) is 5.26 Å². The number of benzene rings is 2. The monoisotopic (exact) mass is 543 g/mol. The van der Waals surface area contributed by atoms with Crippen LogP contribution in [0.5, 0.6) is 0 Å². The Bertz CT molecular complexity index is 1540. The Morgan fingerprint density at radius 1 is 1.05 bits per heavy atom. The van der Waals surface area contributed by atoms with Crippen LogP contribution in [0.1, 0.15) is 36.4 Å². The summed E-state index contributed by atoms with van der Waals surface area (Å²) >= 11 is 0. The number of imidazole rings is 1. The molecule has 0 saturated carbocycles. The third-order valence-electron chi connectivity index (χ3n) is 7.72. The number of aromatic nitrogens is 3. The predicted molar refractivity (Wildman–Crippen MR) is 149 cm³/mol. The molecule has 4 aromatic rings. The summed E-state index contributed by atoms with van der Waals surface area (Å²) in [5, 5.41) is 18.0. The molecule has 4 heterocycles. The lowest BCUT2D eigenvalue weighted by molar-refractivity contribution is 0.0378. The van der Waals surface area contributed by atoms with Crippen molar-refractivity contribution in [3.63, 3.8) is 0 Å². The van der Waals surface area contributed by atoms with Gasteiger partial charge in [-0.3, -0.25) is 4.90 Å². The molecule has 206 valence electrons. The number of ether oxygens (including phenoxy) is 1. The first kappa shape index (κ1) is 26.2. The molecule has 2 fully saturated rings. The third kappa shape index (κ3) is 5.35. The van der Waals surface area contributed by atoms with E-state index in [0.29, 0.717) is 35.6 Å². The van der Waals surface area contributed by atoms with Gasteiger partial charge in [-0.05, 0) is 68.3 Å². The van der Waals surface area contributed by atoms with Crippen molar-refractivity contribution in [2.45, 2.75) is 25.3 Å². The Morgan fingerprint density at radius 3 is 2.77 bits per heavy atom. The van der Waals surface area contributed by atoms with Crippen molar-refractivity contribution >= 4 is 17.2 Å². The van der Waals surface area contributed by atoms with Crippen molar-refractivity contribution in [1.82, 2.24) is 19.5 Å². The van der Waals surface area contributed by atoms with E-state index in [2.05, 4.69) is 21.3 Å². The Morgan fingerprint density at radius 2 is 1.93 bits per heavy atom. The van der Waals surface area contributed by atoms with Crippen LogP contribution in [0, 0.1) is 23.0 Å². The Balaban J connectivity index is 1.24. The van der Waals surface area contributed by atoms with E-state index in [0.717, 1.165) is 75.2 Å². The minimum atomic E-state index is -0.449. The van der Waals surface area contributed by atoms with Crippen LogP contribution in [0.2, 0.25) is 0 Å². The van der Waals surface area contributed by atoms with Crippen molar-refractivity contribution in [2.75, 3.05) is 56.2 Å². The van der Waals surface area contributed by atoms with Crippen molar-refractivity contribution < 1.29 is 13.5 Å². The summed E-state index contributed by atoms with van der Waals surface area (Å²) in [7, 11) is 0. The average molecular weight is 544 g/mol. The minimum absolute atomic E-state index is 0.296. The first-order valence-electron chi connectivity index (χ1n) is 13.8. The number of morpholine rings is 1. The second kappa shape index (κ2) is 11.6. The normalized spacial score (nSPS) is 17.8. The number of hydrogen-bond acceptors (Lipinski definition) is 7. The second-order valence-electron chi connectivity index (χ2n) is 10.2. The molecule has 2 aromatic carbocycles. The largest absolute Gasteiger partial charge is 0.384 e. The minimum Gasteiger partial charge on any atom is -0.384 e. The van der Waals surface area contributed by atoms with Gasteiger partial charge in [-0.1, -0.05) is 6.07 Å². The molecular formula is C30H31F2N7O. The lowest BCUT2D eigenvalue weighted by Gasteiger charge is -2.26. The summed E-state index contributed by atoms with van der Waals surface area (Å²) in [6.45, 7) is 5.90. The van der Waals surface area contributed by atoms with Crippen molar-refractivity contribution in [3.8, 4) is 17.3 Å². The van der Waals surface area contributed by atoms with Gasteiger partial charge in [0.15, 0.2) is 5.65 Å². The molecule has 0 bridgehead atoms. The smallest absolute Gasteiger partial charge is 0.154 e. The van der Waals surface area contributed by atoms with E-state index in [4.69, 9.17) is 9.84 Å². The van der Waals surface area contributed by atoms with E-state index in [1.165, 1.54) is 12.1 Å². The van der Waals surface area contributed by atoms with E-state index in [1.54, 1.807) is 10.7 Å². The van der Waals surface area contributed by atoms with E-state index >= 15 is 0 Å². The molecule has 1 atom stereocenters. The topological polar surface area (TPSA) is 81.7 Å². The molecule has 40 heavy (non-hydrogen) atoms. The summed E-state index contributed by atoms with van der Waals surface area (Å²) < 4.78 is 35.8. The zero-order chi connectivity index (χ0) is 27.5. The molecule has 2 saturated heterocycles. The highest BCUT2D eigenvalue weighted by Gasteiger charge is 2.30. The summed E-state index contributed by atoms with van der Waals surface area (Å²) in [6, 6.07) is 15.0. The van der Waals surface area contributed by atoms with Gasteiger partial charge < -0.3 is 15.0 Å². The molecule has 8 nitrogen and oxygen atoms in total. The van der Waals surface area contributed by atoms with Crippen LogP contribution in [-0.2, 0) is 4.74 Å². The molecule has 2 aliphatic rings. The molecule has 0 spiro atoms. The molecule has 2 aliphatic heterocycles. The van der Waals surface area contributed by atoms with Crippen LogP contribution in [-0.4, -0.2) is 65.4 Å². The molecule has 10 heteroatoms. The molecule has 0 radical (unpaired) electrons. The molecule has 1 N–H and O–H groups in total. The van der Waals surface area contributed by atoms with E-state index in [9.17, 15) is 14.0 Å². The SMILES string of the molecule is N#Cc1ccc(-c2cnc3ccc(N4CCCC4c4cc(F)ccc4F)nn23)cc1NCCCN1CCOCC1. The van der Waals surface area contributed by atoms with Crippen LogP contribution in [0.3, 0.4) is 0 Å². The van der Waals surface area contributed by atoms with E-state index in [1.807, 2.05) is 35.2 Å². The van der Waals surface area contributed by atoms with Crippen LogP contribution in [0.4, 0.5) is 20.3 Å². The molecule has 2 aromatic heterocycles. The summed E-state index contributed by atoms with van der Waals surface area (Å²) in [5.74, 6) is -0.187. The van der Waals surface area contributed by atoms with Crippen LogP contribution < -0.4 is 10.2 Å². The Labute approximate surface area is 231 Å². The van der Waals surface area contributed by atoms with Crippen LogP contribution in [0.15, 0.2) is 54.7 Å². The van der Waals surface area contributed by atoms with Crippen LogP contribution in [0.25, 0.3) is 16.9 Å². The van der Waals surface area contributed by atoms with Gasteiger partial charge in [-0.15, -0.1) is 5.10 Å². The lowest BCUT2D eigenvalue weighted by Crippen LogP contribution is -2.37. The number of fused-ring (bicyclic) bond motifs is 1. The lowest BCUT2D eigenvalue weighted by atomic mass is 10.0. The maximum atomic E-state index is 14.6. The van der Waals surface area contributed by atoms with Gasteiger partial charge in [0.1, 0.15) is 23.5 Å². The van der Waals surface area contributed by atoms with Gasteiger partial charge in [0.05, 0.1) is 42.4 Å². The van der Waals surface area contributed by atoms with Gasteiger partial charge in [-0.25, -0.2) is 18.3 Å². The Kier molecular flexibility index (Phi) is 7.58. The van der Waals surface area contributed by atoms with Gasteiger partial charge in [0, 0.05) is 37.3 Å². The number of halogens is 2. The standard InChI is InChI=1S/C30H31F2N7O/c31-23-6-7-25(32)24(18-23)27-3-1-12-38(27)30-9-8-29-35-20-28(39(29)36-30)21-4-5-22(19-33)26(17-21)34-10-2-11-37-13-15-40-16-14-37/h4-9,17-18,20,27,34H,1-3,10-16H2. The first-order chi connectivity index (χ1) is 19.6. The van der Waals surface area contributed by atoms with E-state index < -0.39 is 11.6 Å². The first-order valence-corrected chi connectivity index (χ1v) is 13.8. The van der Waals surface area contributed by atoms with Gasteiger partial charge in [0.25, 0.3) is 0 Å². The van der Waals surface area contributed by atoms with Crippen LogP contribution >= 0.6 is 0 Å². The number of nitriles is 1. The average Bonchev–Trinajstić information content (AvgIpc) is 3.64. The van der Waals surface area contributed by atoms with Crippen molar-refractivity contribution in [2.24, 2.45) is 0 Å². The summed E-state index contributed by atoms with van der Waals surface area (Å²) in [6.07, 6.45) is 4.29. The number of nitrogens with zero attached hydrogens (tertiary/aromatic N) is 6. The summed E-state index contributed by atoms with van der Waals surface area (Å²) in [5.41, 5.74) is 4.03. The zero-order valence-electron chi connectivity index (χ0n) is 22.2. The second-order valence-corrected chi connectivity index (χ2v) is 10.2. The fraction of sp³-hybridized carbons (Fsp3) is 0.367. The van der Waals surface area contributed by atoms with E-state index in [-0.39, 0.29) is 6.04 Å². The number of hydrogen-bond donors (Lipinski definition) is 1. The van der Waals surface area contributed by atoms with Crippen molar-refractivity contribution in [3.05, 3.63) is 77.5 Å². The highest BCUT2D eigenvalue weighted by molar-refractivity contribution is 5.71. The summed E-state index contributed by atoms with van der Waals surface area (Å²) in [4.78, 5) is 8.96. The maximum Gasteiger partial charge on any atom is 0.154 e. The maximum absolute atomic E-state index is 14.6. The predicted octanol–water partition coefficient (Wildman–Crippen LogP) is 5.02. The zero-order valence-corrected chi connectivity index (χ0v) is 22.2. The van der Waals surface area contributed by atoms with Crippen molar-refractivity contribution in [1.29, 1.82) is 5.26 Å². The molecule has 1 unspecified atom stereocenters. The molecular weight excluding hydrogens is 512 g/mol. The Hall–Kier alpha value is -4.07. The molecule has 0 amide bonds. The van der Waals surface area contributed by atoms with Gasteiger partial charge >= 0.3 is 0 Å². The quantitative estimate of drug-likeness (QED) is 0.313.